The molecule has 0 saturated heterocycles. The standard InChI is InChI=1S/C15H23NO3/c1-4-19-14-7-5-13(6-8-14)9-10-16(3)12(2)11-15(17)18/h5-8,12H,4,9-11H2,1-3H3,(H,17,18). The third-order valence-corrected chi connectivity index (χ3v) is 3.21. The van der Waals surface area contributed by atoms with Crippen LogP contribution in [-0.2, 0) is 11.2 Å². The molecular formula is C15H23NO3. The molecule has 1 atom stereocenters. The molecule has 0 aliphatic carbocycles. The molecule has 0 heterocycles. The van der Waals surface area contributed by atoms with E-state index >= 15 is 0 Å². The molecule has 0 aliphatic rings. The van der Waals surface area contributed by atoms with E-state index in [1.54, 1.807) is 0 Å². The highest BCUT2D eigenvalue weighted by Crippen LogP contribution is 2.13. The highest BCUT2D eigenvalue weighted by atomic mass is 16.5. The van der Waals surface area contributed by atoms with Crippen molar-refractivity contribution in [2.24, 2.45) is 0 Å². The zero-order chi connectivity index (χ0) is 14.3. The number of nitrogens with zero attached hydrogens (tertiary/aromatic N) is 1. The molecule has 0 amide bonds. The van der Waals surface area contributed by atoms with Gasteiger partial charge in [-0.15, -0.1) is 0 Å². The summed E-state index contributed by atoms with van der Waals surface area (Å²) in [7, 11) is 1.96. The zero-order valence-corrected chi connectivity index (χ0v) is 11.9. The molecule has 1 rings (SSSR count). The maximum absolute atomic E-state index is 10.6. The second kappa shape index (κ2) is 7.79. The van der Waals surface area contributed by atoms with Crippen LogP contribution in [0.15, 0.2) is 24.3 Å². The van der Waals surface area contributed by atoms with E-state index in [0.717, 1.165) is 18.7 Å². The van der Waals surface area contributed by atoms with Gasteiger partial charge in [0, 0.05) is 12.6 Å². The minimum absolute atomic E-state index is 0.0557. The van der Waals surface area contributed by atoms with Gasteiger partial charge in [-0.25, -0.2) is 0 Å². The molecule has 19 heavy (non-hydrogen) atoms. The topological polar surface area (TPSA) is 49.8 Å². The zero-order valence-electron chi connectivity index (χ0n) is 11.9. The average Bonchev–Trinajstić information content (AvgIpc) is 2.37. The molecule has 0 radical (unpaired) electrons. The van der Waals surface area contributed by atoms with Gasteiger partial charge in [0.25, 0.3) is 0 Å². The number of hydrogen-bond donors (Lipinski definition) is 1. The summed E-state index contributed by atoms with van der Waals surface area (Å²) in [6, 6.07) is 8.11. The van der Waals surface area contributed by atoms with E-state index in [2.05, 4.69) is 17.0 Å². The Kier molecular flexibility index (Phi) is 6.36. The smallest absolute Gasteiger partial charge is 0.304 e. The third-order valence-electron chi connectivity index (χ3n) is 3.21. The summed E-state index contributed by atoms with van der Waals surface area (Å²) in [5, 5.41) is 8.76. The fraction of sp³-hybridized carbons (Fsp3) is 0.533. The van der Waals surface area contributed by atoms with Crippen molar-refractivity contribution in [1.82, 2.24) is 4.90 Å². The van der Waals surface area contributed by atoms with E-state index in [9.17, 15) is 4.79 Å². The van der Waals surface area contributed by atoms with Crippen LogP contribution in [0, 0.1) is 0 Å². The first-order valence-electron chi connectivity index (χ1n) is 6.66. The van der Waals surface area contributed by atoms with Crippen molar-refractivity contribution >= 4 is 5.97 Å². The van der Waals surface area contributed by atoms with E-state index in [4.69, 9.17) is 9.84 Å². The number of hydrogen-bond acceptors (Lipinski definition) is 3. The molecule has 4 heteroatoms. The number of carboxylic acids is 1. The first kappa shape index (κ1) is 15.5. The van der Waals surface area contributed by atoms with Crippen molar-refractivity contribution in [2.75, 3.05) is 20.2 Å². The molecule has 0 spiro atoms. The van der Waals surface area contributed by atoms with Crippen molar-refractivity contribution in [2.45, 2.75) is 32.7 Å². The molecule has 1 aromatic rings. The number of benzene rings is 1. The molecule has 0 aliphatic heterocycles. The Bertz CT molecular complexity index is 389. The van der Waals surface area contributed by atoms with Crippen LogP contribution in [-0.4, -0.2) is 42.2 Å². The summed E-state index contributed by atoms with van der Waals surface area (Å²) in [5.41, 5.74) is 1.23. The third kappa shape index (κ3) is 5.75. The Hall–Kier alpha value is -1.55. The van der Waals surface area contributed by atoms with E-state index in [-0.39, 0.29) is 12.5 Å². The molecule has 1 aromatic carbocycles. The van der Waals surface area contributed by atoms with Crippen molar-refractivity contribution < 1.29 is 14.6 Å². The van der Waals surface area contributed by atoms with Gasteiger partial charge in [0.05, 0.1) is 13.0 Å². The fourth-order valence-electron chi connectivity index (χ4n) is 1.85. The predicted octanol–water partition coefficient (Wildman–Crippen LogP) is 2.42. The summed E-state index contributed by atoms with van der Waals surface area (Å²) in [6.07, 6.45) is 1.09. The Labute approximate surface area is 115 Å². The maximum Gasteiger partial charge on any atom is 0.304 e. The van der Waals surface area contributed by atoms with E-state index in [1.165, 1.54) is 5.56 Å². The number of carbonyl (C=O) groups is 1. The quantitative estimate of drug-likeness (QED) is 0.784. The lowest BCUT2D eigenvalue weighted by Gasteiger charge is -2.23. The Morgan fingerprint density at radius 2 is 2.00 bits per heavy atom. The molecule has 106 valence electrons. The molecule has 0 aromatic heterocycles. The lowest BCUT2D eigenvalue weighted by molar-refractivity contribution is -0.138. The van der Waals surface area contributed by atoms with Gasteiger partial charge >= 0.3 is 5.97 Å². The van der Waals surface area contributed by atoms with Crippen LogP contribution >= 0.6 is 0 Å². The van der Waals surface area contributed by atoms with Crippen molar-refractivity contribution in [1.29, 1.82) is 0 Å². The Balaban J connectivity index is 2.41. The lowest BCUT2D eigenvalue weighted by atomic mass is 10.1. The second-order valence-corrected chi connectivity index (χ2v) is 4.75. The summed E-state index contributed by atoms with van der Waals surface area (Å²) in [6.45, 7) is 5.43. The van der Waals surface area contributed by atoms with Gasteiger partial charge in [0.2, 0.25) is 0 Å². The molecule has 0 saturated carbocycles. The van der Waals surface area contributed by atoms with Gasteiger partial charge in [-0.2, -0.15) is 0 Å². The van der Waals surface area contributed by atoms with Crippen LogP contribution < -0.4 is 4.74 Å². The predicted molar refractivity (Wildman–Crippen MR) is 75.7 cm³/mol. The SMILES string of the molecule is CCOc1ccc(CCN(C)C(C)CC(=O)O)cc1. The monoisotopic (exact) mass is 265 g/mol. The Morgan fingerprint density at radius 1 is 1.37 bits per heavy atom. The van der Waals surface area contributed by atoms with E-state index < -0.39 is 5.97 Å². The lowest BCUT2D eigenvalue weighted by Crippen LogP contribution is -2.32. The number of aliphatic carboxylic acids is 1. The minimum atomic E-state index is -0.750. The summed E-state index contributed by atoms with van der Waals surface area (Å²) < 4.78 is 5.39. The molecule has 1 unspecified atom stereocenters. The summed E-state index contributed by atoms with van der Waals surface area (Å²) in [4.78, 5) is 12.7. The highest BCUT2D eigenvalue weighted by Gasteiger charge is 2.12. The Morgan fingerprint density at radius 3 is 2.53 bits per heavy atom. The largest absolute Gasteiger partial charge is 0.494 e. The molecule has 1 N–H and O–H groups in total. The number of rotatable bonds is 8. The molecule has 0 bridgehead atoms. The van der Waals surface area contributed by atoms with Crippen LogP contribution in [0.3, 0.4) is 0 Å². The van der Waals surface area contributed by atoms with Gasteiger partial charge in [0.1, 0.15) is 5.75 Å². The van der Waals surface area contributed by atoms with Crippen molar-refractivity contribution in [3.05, 3.63) is 29.8 Å². The van der Waals surface area contributed by atoms with Crippen LogP contribution in [0.1, 0.15) is 25.8 Å². The van der Waals surface area contributed by atoms with E-state index in [1.807, 2.05) is 33.0 Å². The van der Waals surface area contributed by atoms with Gasteiger partial charge < -0.3 is 14.7 Å². The van der Waals surface area contributed by atoms with Crippen LogP contribution in [0.25, 0.3) is 0 Å². The van der Waals surface area contributed by atoms with Crippen molar-refractivity contribution in [3.63, 3.8) is 0 Å². The average molecular weight is 265 g/mol. The van der Waals surface area contributed by atoms with Gasteiger partial charge in [-0.1, -0.05) is 12.1 Å². The van der Waals surface area contributed by atoms with Crippen LogP contribution in [0.5, 0.6) is 5.75 Å². The summed E-state index contributed by atoms with van der Waals surface area (Å²) >= 11 is 0. The van der Waals surface area contributed by atoms with Gasteiger partial charge in [0.15, 0.2) is 0 Å². The fourth-order valence-corrected chi connectivity index (χ4v) is 1.85. The minimum Gasteiger partial charge on any atom is -0.494 e. The molecular weight excluding hydrogens is 242 g/mol. The van der Waals surface area contributed by atoms with Crippen molar-refractivity contribution in [3.8, 4) is 5.75 Å². The van der Waals surface area contributed by atoms with Crippen LogP contribution in [0.2, 0.25) is 0 Å². The summed E-state index contributed by atoms with van der Waals surface area (Å²) in [5.74, 6) is 0.138. The second-order valence-electron chi connectivity index (χ2n) is 4.75. The number of likely N-dealkylation sites (N-methyl/N-ethyl adjacent to an activating group) is 1. The molecule has 4 nitrogen and oxygen atoms in total. The maximum atomic E-state index is 10.6. The number of carboxylic acid groups (broad SMARTS) is 1. The molecule has 0 fully saturated rings. The van der Waals surface area contributed by atoms with E-state index in [0.29, 0.717) is 6.61 Å². The number of ether oxygens (including phenoxy) is 1. The first-order valence-corrected chi connectivity index (χ1v) is 6.66. The van der Waals surface area contributed by atoms with Gasteiger partial charge in [-0.05, 0) is 45.0 Å². The highest BCUT2D eigenvalue weighted by molar-refractivity contribution is 5.67. The van der Waals surface area contributed by atoms with Gasteiger partial charge in [-0.3, -0.25) is 4.79 Å². The first-order chi connectivity index (χ1) is 9.02. The normalized spacial score (nSPS) is 12.4. The van der Waals surface area contributed by atoms with Crippen LogP contribution in [0.4, 0.5) is 0 Å².